The van der Waals surface area contributed by atoms with Crippen molar-refractivity contribution in [2.75, 3.05) is 19.6 Å². The van der Waals surface area contributed by atoms with Crippen LogP contribution in [0.1, 0.15) is 0 Å². The Balaban J connectivity index is 2.45. The first-order valence-corrected chi connectivity index (χ1v) is 8.83. The Morgan fingerprint density at radius 2 is 2.10 bits per heavy atom. The number of carbonyl (C=O) groups excluding carboxylic acids is 1. The maximum atomic E-state index is 12.7. The SMILES string of the molecule is NC(=O)C1CNCCN1S(=O)(=O)c1ccc(Br)cc1Br. The molecule has 1 aromatic rings. The van der Waals surface area contributed by atoms with Crippen molar-refractivity contribution in [2.45, 2.75) is 10.9 Å². The zero-order valence-corrected chi connectivity index (χ0v) is 14.3. The van der Waals surface area contributed by atoms with E-state index in [4.69, 9.17) is 5.73 Å². The Labute approximate surface area is 134 Å². The van der Waals surface area contributed by atoms with Crippen LogP contribution in [0.4, 0.5) is 0 Å². The first-order valence-electron chi connectivity index (χ1n) is 5.81. The Morgan fingerprint density at radius 1 is 1.40 bits per heavy atom. The van der Waals surface area contributed by atoms with Gasteiger partial charge in [-0.3, -0.25) is 4.79 Å². The molecule has 0 radical (unpaired) electrons. The molecule has 20 heavy (non-hydrogen) atoms. The largest absolute Gasteiger partial charge is 0.368 e. The number of amides is 1. The fraction of sp³-hybridized carbons (Fsp3) is 0.364. The molecule has 1 aromatic carbocycles. The fourth-order valence-electron chi connectivity index (χ4n) is 2.03. The second-order valence-corrected chi connectivity index (χ2v) is 7.94. The standard InChI is InChI=1S/C11H13Br2N3O3S/c12-7-1-2-10(8(13)5-7)20(18,19)16-4-3-15-6-9(16)11(14)17/h1-2,5,9,15H,3-4,6H2,(H2,14,17). The average molecular weight is 427 g/mol. The maximum absolute atomic E-state index is 12.7. The lowest BCUT2D eigenvalue weighted by Gasteiger charge is -2.33. The molecule has 1 unspecified atom stereocenters. The van der Waals surface area contributed by atoms with E-state index in [1.54, 1.807) is 12.1 Å². The van der Waals surface area contributed by atoms with Gasteiger partial charge >= 0.3 is 0 Å². The van der Waals surface area contributed by atoms with E-state index in [-0.39, 0.29) is 18.0 Å². The molecule has 1 saturated heterocycles. The zero-order valence-electron chi connectivity index (χ0n) is 10.3. The van der Waals surface area contributed by atoms with E-state index in [1.807, 2.05) is 0 Å². The van der Waals surface area contributed by atoms with E-state index in [0.29, 0.717) is 11.0 Å². The fourth-order valence-corrected chi connectivity index (χ4v) is 5.33. The van der Waals surface area contributed by atoms with Crippen LogP contribution in [-0.2, 0) is 14.8 Å². The van der Waals surface area contributed by atoms with E-state index >= 15 is 0 Å². The molecule has 1 fully saturated rings. The van der Waals surface area contributed by atoms with Gasteiger partial charge < -0.3 is 11.1 Å². The maximum Gasteiger partial charge on any atom is 0.245 e. The summed E-state index contributed by atoms with van der Waals surface area (Å²) in [6.07, 6.45) is 0. The number of halogens is 2. The van der Waals surface area contributed by atoms with Crippen molar-refractivity contribution in [2.24, 2.45) is 5.73 Å². The first-order chi connectivity index (χ1) is 9.34. The second kappa shape index (κ2) is 6.10. The lowest BCUT2D eigenvalue weighted by molar-refractivity contribution is -0.122. The van der Waals surface area contributed by atoms with Crippen LogP contribution in [0.2, 0.25) is 0 Å². The lowest BCUT2D eigenvalue weighted by Crippen LogP contribution is -2.58. The molecule has 0 saturated carbocycles. The second-order valence-electron chi connectivity index (χ2n) is 4.31. The van der Waals surface area contributed by atoms with Gasteiger partial charge in [0.15, 0.2) is 0 Å². The van der Waals surface area contributed by atoms with Crippen LogP contribution >= 0.6 is 31.9 Å². The molecule has 0 spiro atoms. The van der Waals surface area contributed by atoms with Gasteiger partial charge in [-0.1, -0.05) is 15.9 Å². The molecule has 1 amide bonds. The molecule has 2 rings (SSSR count). The number of carbonyl (C=O) groups is 1. The highest BCUT2D eigenvalue weighted by molar-refractivity contribution is 9.11. The Hall–Kier alpha value is -0.480. The van der Waals surface area contributed by atoms with Crippen molar-refractivity contribution in [1.29, 1.82) is 0 Å². The number of hydrogen-bond donors (Lipinski definition) is 2. The number of nitrogens with zero attached hydrogens (tertiary/aromatic N) is 1. The van der Waals surface area contributed by atoms with E-state index < -0.39 is 22.0 Å². The normalized spacial score (nSPS) is 20.8. The van der Waals surface area contributed by atoms with Crippen molar-refractivity contribution in [3.05, 3.63) is 27.1 Å². The predicted molar refractivity (Wildman–Crippen MR) is 81.6 cm³/mol. The molecule has 0 aromatic heterocycles. The summed E-state index contributed by atoms with van der Waals surface area (Å²) in [6.45, 7) is 0.915. The smallest absolute Gasteiger partial charge is 0.245 e. The highest BCUT2D eigenvalue weighted by Gasteiger charge is 2.37. The number of nitrogens with one attached hydrogen (secondary N) is 1. The number of nitrogens with two attached hydrogens (primary N) is 1. The number of primary amides is 1. The van der Waals surface area contributed by atoms with Gasteiger partial charge in [0.05, 0.1) is 4.90 Å². The van der Waals surface area contributed by atoms with Crippen LogP contribution in [0.3, 0.4) is 0 Å². The monoisotopic (exact) mass is 425 g/mol. The van der Waals surface area contributed by atoms with Crippen LogP contribution in [0.5, 0.6) is 0 Å². The van der Waals surface area contributed by atoms with Crippen molar-refractivity contribution in [1.82, 2.24) is 9.62 Å². The molecule has 9 heteroatoms. The third kappa shape index (κ3) is 3.06. The minimum Gasteiger partial charge on any atom is -0.368 e. The molecular weight excluding hydrogens is 414 g/mol. The van der Waals surface area contributed by atoms with E-state index in [1.165, 1.54) is 6.07 Å². The number of hydrogen-bond acceptors (Lipinski definition) is 4. The topological polar surface area (TPSA) is 92.5 Å². The van der Waals surface area contributed by atoms with Gasteiger partial charge in [0, 0.05) is 28.6 Å². The van der Waals surface area contributed by atoms with Gasteiger partial charge in [-0.25, -0.2) is 8.42 Å². The number of rotatable bonds is 3. The highest BCUT2D eigenvalue weighted by Crippen LogP contribution is 2.29. The van der Waals surface area contributed by atoms with E-state index in [2.05, 4.69) is 37.2 Å². The third-order valence-electron chi connectivity index (χ3n) is 3.00. The number of piperazine rings is 1. The minimum atomic E-state index is -3.78. The Morgan fingerprint density at radius 3 is 2.70 bits per heavy atom. The summed E-state index contributed by atoms with van der Waals surface area (Å²) >= 11 is 6.51. The minimum absolute atomic E-state index is 0.119. The molecule has 1 atom stereocenters. The molecule has 3 N–H and O–H groups in total. The van der Waals surface area contributed by atoms with Crippen LogP contribution < -0.4 is 11.1 Å². The summed E-state index contributed by atoms with van der Waals surface area (Å²) in [5.41, 5.74) is 5.29. The summed E-state index contributed by atoms with van der Waals surface area (Å²) in [6, 6.07) is 3.90. The van der Waals surface area contributed by atoms with E-state index in [9.17, 15) is 13.2 Å². The molecule has 6 nitrogen and oxygen atoms in total. The zero-order chi connectivity index (χ0) is 14.9. The van der Waals surface area contributed by atoms with Gasteiger partial charge in [-0.2, -0.15) is 4.31 Å². The van der Waals surface area contributed by atoms with Crippen molar-refractivity contribution in [3.63, 3.8) is 0 Å². The third-order valence-corrected chi connectivity index (χ3v) is 6.38. The van der Waals surface area contributed by atoms with Crippen molar-refractivity contribution < 1.29 is 13.2 Å². The summed E-state index contributed by atoms with van der Waals surface area (Å²) in [5.74, 6) is -0.658. The average Bonchev–Trinajstić information content (AvgIpc) is 2.38. The summed E-state index contributed by atoms with van der Waals surface area (Å²) in [7, 11) is -3.78. The number of sulfonamides is 1. The van der Waals surface area contributed by atoms with Crippen LogP contribution in [0.25, 0.3) is 0 Å². The Kier molecular flexibility index (Phi) is 4.85. The van der Waals surface area contributed by atoms with Gasteiger partial charge in [0.2, 0.25) is 15.9 Å². The van der Waals surface area contributed by atoms with Crippen LogP contribution in [0.15, 0.2) is 32.0 Å². The van der Waals surface area contributed by atoms with Gasteiger partial charge in [-0.15, -0.1) is 0 Å². The predicted octanol–water partition coefficient (Wildman–Crippen LogP) is 0.659. The summed E-state index contributed by atoms with van der Waals surface area (Å²) < 4.78 is 27.7. The van der Waals surface area contributed by atoms with Gasteiger partial charge in [0.1, 0.15) is 6.04 Å². The number of benzene rings is 1. The lowest BCUT2D eigenvalue weighted by atomic mass is 10.2. The molecule has 110 valence electrons. The molecule has 1 aliphatic heterocycles. The Bertz CT molecular complexity index is 636. The van der Waals surface area contributed by atoms with Crippen molar-refractivity contribution in [3.8, 4) is 0 Å². The molecular formula is C11H13Br2N3O3S. The molecule has 1 heterocycles. The van der Waals surface area contributed by atoms with Gasteiger partial charge in [0.25, 0.3) is 0 Å². The van der Waals surface area contributed by atoms with Crippen LogP contribution in [-0.4, -0.2) is 44.3 Å². The molecule has 1 aliphatic rings. The quantitative estimate of drug-likeness (QED) is 0.742. The van der Waals surface area contributed by atoms with Crippen LogP contribution in [0, 0.1) is 0 Å². The molecule has 0 bridgehead atoms. The molecule has 0 aliphatic carbocycles. The summed E-state index contributed by atoms with van der Waals surface area (Å²) in [4.78, 5) is 11.6. The first kappa shape index (κ1) is 15.9. The highest BCUT2D eigenvalue weighted by atomic mass is 79.9. The summed E-state index contributed by atoms with van der Waals surface area (Å²) in [5, 5.41) is 2.97. The van der Waals surface area contributed by atoms with E-state index in [0.717, 1.165) is 8.78 Å². The van der Waals surface area contributed by atoms with Gasteiger partial charge in [-0.05, 0) is 34.1 Å². The van der Waals surface area contributed by atoms with Crippen molar-refractivity contribution >= 4 is 47.8 Å².